The first kappa shape index (κ1) is 27.6. The summed E-state index contributed by atoms with van der Waals surface area (Å²) in [5.41, 5.74) is 4.96. The van der Waals surface area contributed by atoms with Crippen LogP contribution in [0.2, 0.25) is 5.02 Å². The first-order valence-electron chi connectivity index (χ1n) is 11.6. The van der Waals surface area contributed by atoms with Crippen molar-refractivity contribution in [2.75, 3.05) is 38.2 Å². The van der Waals surface area contributed by atoms with Crippen molar-refractivity contribution in [2.45, 2.75) is 50.4 Å². The number of sulfone groups is 1. The zero-order valence-corrected chi connectivity index (χ0v) is 22.1. The molecule has 3 unspecified atom stereocenters. The van der Waals surface area contributed by atoms with E-state index in [2.05, 4.69) is 4.90 Å². The molecule has 1 aliphatic heterocycles. The highest BCUT2D eigenvalue weighted by molar-refractivity contribution is 7.91. The molecule has 0 radical (unpaired) electrons. The largest absolute Gasteiger partial charge is 0.492 e. The number of rotatable bonds is 8. The third-order valence-corrected chi connectivity index (χ3v) is 9.75. The van der Waals surface area contributed by atoms with Crippen molar-refractivity contribution >= 4 is 32.9 Å². The molecule has 3 rings (SSSR count). The molecule has 0 saturated carbocycles. The summed E-state index contributed by atoms with van der Waals surface area (Å²) >= 11 is 6.16. The van der Waals surface area contributed by atoms with Gasteiger partial charge in [-0.25, -0.2) is 17.2 Å². The number of carbonyl (C=O) groups excluding carboxylic acids is 1. The number of anilines is 1. The Bertz CT molecular complexity index is 1150. The Morgan fingerprint density at radius 1 is 1.34 bits per heavy atom. The number of piperidine rings is 1. The van der Waals surface area contributed by atoms with Gasteiger partial charge in [0.15, 0.2) is 9.84 Å². The Labute approximate surface area is 211 Å². The number of alkyl halides is 1. The minimum Gasteiger partial charge on any atom is -0.492 e. The molecule has 6 nitrogen and oxygen atoms in total. The molecule has 3 atom stereocenters. The number of Topliss-reactive ketones (excluding diaryl/α,β-unsaturated/α-hetero) is 1. The third-order valence-electron chi connectivity index (χ3n) is 7.74. The van der Waals surface area contributed by atoms with Crippen molar-refractivity contribution in [1.29, 1.82) is 0 Å². The van der Waals surface area contributed by atoms with Crippen LogP contribution in [0, 0.1) is 5.41 Å². The van der Waals surface area contributed by atoms with Gasteiger partial charge >= 0.3 is 0 Å². The minimum absolute atomic E-state index is 0.0370. The van der Waals surface area contributed by atoms with Gasteiger partial charge in [-0.3, -0.25) is 9.69 Å². The number of likely N-dealkylation sites (tertiary alicyclic amines) is 1. The van der Waals surface area contributed by atoms with Crippen molar-refractivity contribution in [3.63, 3.8) is 0 Å². The molecule has 1 aromatic rings. The predicted octanol–water partition coefficient (Wildman–Crippen LogP) is 4.39. The van der Waals surface area contributed by atoms with Gasteiger partial charge in [-0.15, -0.1) is 0 Å². The lowest BCUT2D eigenvalue weighted by atomic mass is 9.69. The maximum absolute atomic E-state index is 14.9. The summed E-state index contributed by atoms with van der Waals surface area (Å²) in [4.78, 5) is 14.8. The molecule has 1 heterocycles. The standard InChI is InChI=1S/C25H33ClF2N2O4S/c1-16(31)25(20-13-18(26)5-6-21(20)29)7-9-30(10-8-25)11-12-34-19-14-22(27)24(3,23(28)15-19)17(2)35(4,32)33/h5-6,13-15,17,22H,7-12,29H2,1-4H3. The van der Waals surface area contributed by atoms with Gasteiger partial charge in [0.2, 0.25) is 0 Å². The van der Waals surface area contributed by atoms with Crippen molar-refractivity contribution in [3.05, 3.63) is 52.5 Å². The number of ether oxygens (including phenoxy) is 1. The fraction of sp³-hybridized carbons (Fsp3) is 0.560. The average molecular weight is 531 g/mol. The highest BCUT2D eigenvalue weighted by atomic mass is 35.5. The lowest BCUT2D eigenvalue weighted by Gasteiger charge is -2.41. The topological polar surface area (TPSA) is 89.7 Å². The van der Waals surface area contributed by atoms with Crippen molar-refractivity contribution in [1.82, 2.24) is 4.90 Å². The van der Waals surface area contributed by atoms with Gasteiger partial charge in [-0.05, 0) is 76.5 Å². The predicted molar refractivity (Wildman–Crippen MR) is 134 cm³/mol. The summed E-state index contributed by atoms with van der Waals surface area (Å²) in [6, 6.07) is 5.18. The second-order valence-electron chi connectivity index (χ2n) is 9.78. The third kappa shape index (κ3) is 5.42. The average Bonchev–Trinajstić information content (AvgIpc) is 2.78. The number of allylic oxidation sites excluding steroid dienone is 3. The highest BCUT2D eigenvalue weighted by Crippen LogP contribution is 2.45. The molecule has 1 aliphatic carbocycles. The molecule has 194 valence electrons. The summed E-state index contributed by atoms with van der Waals surface area (Å²) in [5.74, 6) is -0.783. The number of halogens is 3. The molecular weight excluding hydrogens is 498 g/mol. The van der Waals surface area contributed by atoms with Gasteiger partial charge in [0, 0.05) is 29.6 Å². The van der Waals surface area contributed by atoms with Gasteiger partial charge < -0.3 is 10.5 Å². The SMILES string of the molecule is CC(=O)C1(c2cc(Cl)ccc2N)CCN(CCOC2=CC(F)C(C)(C(C)S(C)(=O)=O)C(F)=C2)CC1. The molecule has 0 aromatic heterocycles. The van der Waals surface area contributed by atoms with E-state index in [1.165, 1.54) is 13.8 Å². The lowest BCUT2D eigenvalue weighted by molar-refractivity contribution is -0.124. The number of benzene rings is 1. The fourth-order valence-corrected chi connectivity index (χ4v) is 6.24. The van der Waals surface area contributed by atoms with Gasteiger partial charge in [-0.2, -0.15) is 0 Å². The maximum atomic E-state index is 14.9. The van der Waals surface area contributed by atoms with E-state index >= 15 is 0 Å². The van der Waals surface area contributed by atoms with Crippen LogP contribution in [-0.2, 0) is 24.8 Å². The summed E-state index contributed by atoms with van der Waals surface area (Å²) in [5, 5.41) is -0.706. The lowest BCUT2D eigenvalue weighted by Crippen LogP contribution is -2.47. The van der Waals surface area contributed by atoms with E-state index in [0.717, 1.165) is 24.0 Å². The number of nitrogens with zero attached hydrogens (tertiary/aromatic N) is 1. The van der Waals surface area contributed by atoms with E-state index in [4.69, 9.17) is 22.1 Å². The van der Waals surface area contributed by atoms with E-state index in [0.29, 0.717) is 43.2 Å². The van der Waals surface area contributed by atoms with Crippen LogP contribution in [0.3, 0.4) is 0 Å². The number of nitrogen functional groups attached to an aromatic ring is 1. The van der Waals surface area contributed by atoms with Crippen LogP contribution in [0.1, 0.15) is 39.2 Å². The first-order valence-corrected chi connectivity index (χ1v) is 13.9. The molecular formula is C25H33ClF2N2O4S. The van der Waals surface area contributed by atoms with Gasteiger partial charge in [-0.1, -0.05) is 11.6 Å². The van der Waals surface area contributed by atoms with Crippen LogP contribution in [0.4, 0.5) is 14.5 Å². The molecule has 1 fully saturated rings. The molecule has 2 N–H and O–H groups in total. The van der Waals surface area contributed by atoms with Gasteiger partial charge in [0.25, 0.3) is 0 Å². The van der Waals surface area contributed by atoms with Crippen LogP contribution in [-0.4, -0.2) is 63.0 Å². The van der Waals surface area contributed by atoms with Crippen molar-refractivity contribution in [2.24, 2.45) is 5.41 Å². The van der Waals surface area contributed by atoms with E-state index in [9.17, 15) is 22.0 Å². The number of hydrogen-bond acceptors (Lipinski definition) is 6. The summed E-state index contributed by atoms with van der Waals surface area (Å²) in [7, 11) is -3.65. The van der Waals surface area contributed by atoms with Crippen LogP contribution < -0.4 is 5.73 Å². The monoisotopic (exact) mass is 530 g/mol. The normalized spacial score (nSPS) is 26.0. The molecule has 0 spiro atoms. The fourth-order valence-electron chi connectivity index (χ4n) is 4.94. The summed E-state index contributed by atoms with van der Waals surface area (Å²) in [6.07, 6.45) is 2.46. The quantitative estimate of drug-likeness (QED) is 0.501. The Kier molecular flexibility index (Phi) is 8.04. The Hall–Kier alpha value is -1.97. The maximum Gasteiger partial charge on any atom is 0.151 e. The second kappa shape index (κ2) is 10.2. The molecule has 35 heavy (non-hydrogen) atoms. The molecule has 0 amide bonds. The van der Waals surface area contributed by atoms with Crippen LogP contribution in [0.5, 0.6) is 0 Å². The molecule has 1 saturated heterocycles. The molecule has 0 bridgehead atoms. The first-order chi connectivity index (χ1) is 16.2. The summed E-state index contributed by atoms with van der Waals surface area (Å²) < 4.78 is 59.2. The van der Waals surface area contributed by atoms with Crippen LogP contribution in [0.15, 0.2) is 41.9 Å². The Balaban J connectivity index is 1.61. The number of nitrogens with two attached hydrogens (primary N) is 1. The van der Waals surface area contributed by atoms with Crippen LogP contribution >= 0.6 is 11.6 Å². The highest BCUT2D eigenvalue weighted by Gasteiger charge is 2.49. The van der Waals surface area contributed by atoms with Crippen molar-refractivity contribution < 1.29 is 26.7 Å². The smallest absolute Gasteiger partial charge is 0.151 e. The van der Waals surface area contributed by atoms with E-state index < -0.39 is 37.9 Å². The number of ketones is 1. The van der Waals surface area contributed by atoms with E-state index in [1.54, 1.807) is 25.1 Å². The number of carbonyl (C=O) groups is 1. The van der Waals surface area contributed by atoms with E-state index in [1.807, 2.05) is 0 Å². The molecule has 1 aromatic carbocycles. The van der Waals surface area contributed by atoms with Gasteiger partial charge in [0.1, 0.15) is 30.1 Å². The minimum atomic E-state index is -3.65. The zero-order valence-electron chi connectivity index (χ0n) is 20.5. The zero-order chi connectivity index (χ0) is 26.2. The second-order valence-corrected chi connectivity index (χ2v) is 12.6. The van der Waals surface area contributed by atoms with E-state index in [-0.39, 0.29) is 18.1 Å². The molecule has 10 heteroatoms. The van der Waals surface area contributed by atoms with Gasteiger partial charge in [0.05, 0.1) is 16.1 Å². The van der Waals surface area contributed by atoms with Crippen LogP contribution in [0.25, 0.3) is 0 Å². The summed E-state index contributed by atoms with van der Waals surface area (Å²) in [6.45, 7) is 6.07. The molecule has 2 aliphatic rings. The van der Waals surface area contributed by atoms with Crippen molar-refractivity contribution in [3.8, 4) is 0 Å². The Morgan fingerprint density at radius 3 is 2.51 bits per heavy atom. The number of hydrogen-bond donors (Lipinski definition) is 1. The Morgan fingerprint density at radius 2 is 1.97 bits per heavy atom.